The van der Waals surface area contributed by atoms with E-state index in [0.29, 0.717) is 18.1 Å². The molecule has 3 atom stereocenters. The van der Waals surface area contributed by atoms with E-state index >= 15 is 0 Å². The van der Waals surface area contributed by atoms with Crippen LogP contribution in [0.3, 0.4) is 0 Å². The SMILES string of the molecule is CC(C)C[C@H](NC(=O)CNC(=O)c1cc(Cl)ccc1Cl)[B-]12OC[C@@H](C)N1CC(=O)O2. The maximum Gasteiger partial charge on any atom is 0.396 e. The van der Waals surface area contributed by atoms with Crippen LogP contribution in [0.15, 0.2) is 18.2 Å². The lowest BCUT2D eigenvalue weighted by Gasteiger charge is -2.44. The van der Waals surface area contributed by atoms with Crippen LogP contribution in [0.2, 0.25) is 10.0 Å². The van der Waals surface area contributed by atoms with Gasteiger partial charge in [-0.1, -0.05) is 50.4 Å². The number of hydrogen-bond acceptors (Lipinski definition) is 6. The molecule has 1 unspecified atom stereocenters. The predicted molar refractivity (Wildman–Crippen MR) is 114 cm³/mol. The van der Waals surface area contributed by atoms with Gasteiger partial charge < -0.3 is 24.8 Å². The van der Waals surface area contributed by atoms with Crippen LogP contribution in [0, 0.1) is 5.92 Å². The van der Waals surface area contributed by atoms with Crippen LogP contribution in [0.4, 0.5) is 0 Å². The van der Waals surface area contributed by atoms with Gasteiger partial charge in [-0.15, -0.1) is 0 Å². The molecule has 0 radical (unpaired) electrons. The summed E-state index contributed by atoms with van der Waals surface area (Å²) in [5.41, 5.74) is 0.183. The van der Waals surface area contributed by atoms with Crippen LogP contribution in [-0.4, -0.2) is 61.0 Å². The van der Waals surface area contributed by atoms with E-state index in [2.05, 4.69) is 10.6 Å². The van der Waals surface area contributed by atoms with Crippen molar-refractivity contribution in [2.75, 3.05) is 19.7 Å². The first-order chi connectivity index (χ1) is 14.1. The molecule has 8 nitrogen and oxygen atoms in total. The average Bonchev–Trinajstić information content (AvgIpc) is 3.17. The summed E-state index contributed by atoms with van der Waals surface area (Å²) >= 11 is 11.9. The second-order valence-corrected chi connectivity index (χ2v) is 9.03. The van der Waals surface area contributed by atoms with Gasteiger partial charge in [0.05, 0.1) is 23.7 Å². The third kappa shape index (κ3) is 4.75. The summed E-state index contributed by atoms with van der Waals surface area (Å²) in [6, 6.07) is 4.53. The average molecular weight is 457 g/mol. The lowest BCUT2D eigenvalue weighted by Crippen LogP contribution is -2.65. The van der Waals surface area contributed by atoms with E-state index in [4.69, 9.17) is 32.5 Å². The first-order valence-electron chi connectivity index (χ1n) is 9.91. The summed E-state index contributed by atoms with van der Waals surface area (Å²) < 4.78 is 11.6. The fourth-order valence-corrected chi connectivity index (χ4v) is 4.42. The van der Waals surface area contributed by atoms with Gasteiger partial charge >= 0.3 is 6.69 Å². The van der Waals surface area contributed by atoms with Crippen molar-refractivity contribution in [1.82, 2.24) is 15.4 Å². The van der Waals surface area contributed by atoms with Crippen molar-refractivity contribution in [3.8, 4) is 0 Å². The summed E-state index contributed by atoms with van der Waals surface area (Å²) in [5, 5.41) is 6.04. The molecule has 1 aromatic rings. The van der Waals surface area contributed by atoms with Crippen molar-refractivity contribution in [3.63, 3.8) is 0 Å². The third-order valence-electron chi connectivity index (χ3n) is 5.38. The Labute approximate surface area is 185 Å². The number of hydrogen-bond donors (Lipinski definition) is 2. The van der Waals surface area contributed by atoms with Crippen molar-refractivity contribution >= 4 is 47.7 Å². The van der Waals surface area contributed by atoms with Crippen LogP contribution in [0.1, 0.15) is 37.6 Å². The van der Waals surface area contributed by atoms with E-state index in [1.54, 1.807) is 6.07 Å². The Bertz CT molecular complexity index is 855. The fourth-order valence-electron chi connectivity index (χ4n) is 4.04. The highest BCUT2D eigenvalue weighted by atomic mass is 35.5. The summed E-state index contributed by atoms with van der Waals surface area (Å²) in [6.45, 7) is 4.12. The zero-order chi connectivity index (χ0) is 22.1. The minimum absolute atomic E-state index is 0.00712. The molecule has 0 saturated carbocycles. The lowest BCUT2D eigenvalue weighted by atomic mass is 9.59. The van der Waals surface area contributed by atoms with Crippen molar-refractivity contribution in [2.24, 2.45) is 5.92 Å². The number of carbonyl (C=O) groups excluding carboxylic acids is 3. The van der Waals surface area contributed by atoms with E-state index in [9.17, 15) is 14.4 Å². The smallest absolute Gasteiger partial charge is 0.396 e. The zero-order valence-electron chi connectivity index (χ0n) is 17.1. The van der Waals surface area contributed by atoms with Crippen LogP contribution in [-0.2, 0) is 18.9 Å². The number of fused-ring (bicyclic) bond motifs is 1. The standard InChI is InChI=1S/C19H25BCl2N3O5/c1-11(2)6-16(20-25(9-18(27)30-20)12(3)10-29-20)24-17(26)8-23-19(28)14-7-13(21)4-5-15(14)22/h4-5,7,11-12,16H,6,8-10H2,1-3H3,(H,23,28)(H,24,26)/q-1/t12-,16+,20?/m1/s1. The Morgan fingerprint density at radius 3 is 2.77 bits per heavy atom. The van der Waals surface area contributed by atoms with Gasteiger partial charge in [0.1, 0.15) is 0 Å². The number of nitrogens with one attached hydrogen (secondary N) is 2. The quantitative estimate of drug-likeness (QED) is 0.609. The van der Waals surface area contributed by atoms with Crippen molar-refractivity contribution < 1.29 is 23.7 Å². The summed E-state index contributed by atoms with van der Waals surface area (Å²) in [4.78, 5) is 38.9. The number of halogens is 2. The molecule has 2 heterocycles. The van der Waals surface area contributed by atoms with E-state index in [1.165, 1.54) is 12.1 Å². The Morgan fingerprint density at radius 2 is 2.07 bits per heavy atom. The molecule has 30 heavy (non-hydrogen) atoms. The highest BCUT2D eigenvalue weighted by Gasteiger charge is 2.55. The highest BCUT2D eigenvalue weighted by Crippen LogP contribution is 2.34. The predicted octanol–water partition coefficient (Wildman–Crippen LogP) is 2.01. The van der Waals surface area contributed by atoms with Crippen LogP contribution in [0.5, 0.6) is 0 Å². The molecule has 2 N–H and O–H groups in total. The Morgan fingerprint density at radius 1 is 1.33 bits per heavy atom. The normalized spacial score (nSPS) is 24.5. The van der Waals surface area contributed by atoms with Gasteiger partial charge in [0.15, 0.2) is 0 Å². The molecule has 2 aliphatic rings. The van der Waals surface area contributed by atoms with Crippen LogP contribution < -0.4 is 10.6 Å². The Kier molecular flexibility index (Phi) is 6.96. The third-order valence-corrected chi connectivity index (χ3v) is 5.94. The molecule has 11 heteroatoms. The van der Waals surface area contributed by atoms with Crippen molar-refractivity contribution in [3.05, 3.63) is 33.8 Å². The molecule has 2 fully saturated rings. The van der Waals surface area contributed by atoms with Gasteiger partial charge in [0.2, 0.25) is 5.91 Å². The second-order valence-electron chi connectivity index (χ2n) is 8.18. The van der Waals surface area contributed by atoms with Crippen LogP contribution in [0.25, 0.3) is 0 Å². The summed E-state index contributed by atoms with van der Waals surface area (Å²) in [6.07, 6.45) is 0.552. The zero-order valence-corrected chi connectivity index (χ0v) is 18.6. The van der Waals surface area contributed by atoms with E-state index in [-0.39, 0.29) is 41.6 Å². The largest absolute Gasteiger partial charge is 0.651 e. The van der Waals surface area contributed by atoms with Gasteiger partial charge in [-0.2, -0.15) is 0 Å². The van der Waals surface area contributed by atoms with Gasteiger partial charge in [0, 0.05) is 11.6 Å². The molecular weight excluding hydrogens is 432 g/mol. The van der Waals surface area contributed by atoms with Gasteiger partial charge in [-0.3, -0.25) is 14.4 Å². The Hall–Kier alpha value is -1.81. The molecule has 0 bridgehead atoms. The summed E-state index contributed by atoms with van der Waals surface area (Å²) in [7, 11) is 0. The van der Waals surface area contributed by atoms with Gasteiger partial charge in [0.25, 0.3) is 11.9 Å². The molecule has 0 aliphatic carbocycles. The molecule has 0 aromatic heterocycles. The number of rotatable bonds is 7. The monoisotopic (exact) mass is 456 g/mol. The van der Waals surface area contributed by atoms with Crippen molar-refractivity contribution in [2.45, 2.75) is 39.2 Å². The first-order valence-corrected chi connectivity index (χ1v) is 10.7. The van der Waals surface area contributed by atoms with E-state index in [1.807, 2.05) is 25.6 Å². The fraction of sp³-hybridized carbons (Fsp3) is 0.526. The lowest BCUT2D eigenvalue weighted by molar-refractivity contribution is -0.133. The highest BCUT2D eigenvalue weighted by molar-refractivity contribution is 6.70. The minimum Gasteiger partial charge on any atom is -0.651 e. The summed E-state index contributed by atoms with van der Waals surface area (Å²) in [5.74, 6) is -1.61. The molecule has 0 spiro atoms. The van der Waals surface area contributed by atoms with Gasteiger partial charge in [-0.25, -0.2) is 0 Å². The Balaban J connectivity index is 1.68. The topological polar surface area (TPSA) is 97.0 Å². The molecule has 2 amide bonds. The van der Waals surface area contributed by atoms with Crippen molar-refractivity contribution in [1.29, 1.82) is 0 Å². The van der Waals surface area contributed by atoms with E-state index < -0.39 is 24.4 Å². The number of carbonyl (C=O) groups is 3. The maximum atomic E-state index is 12.6. The van der Waals surface area contributed by atoms with Gasteiger partial charge in [-0.05, 0) is 36.1 Å². The number of benzene rings is 1. The maximum absolute atomic E-state index is 12.6. The first kappa shape index (κ1) is 22.9. The number of nitrogens with zero attached hydrogens (tertiary/aromatic N) is 1. The van der Waals surface area contributed by atoms with Crippen LogP contribution >= 0.6 is 23.2 Å². The molecule has 3 rings (SSSR count). The number of amides is 2. The molecular formula is C19H25BCl2N3O5-. The molecule has 164 valence electrons. The molecule has 2 aliphatic heterocycles. The molecule has 1 aromatic carbocycles. The van der Waals surface area contributed by atoms with E-state index in [0.717, 1.165) is 0 Å². The molecule has 2 saturated heterocycles. The second kappa shape index (κ2) is 9.14. The minimum atomic E-state index is -2.13.